The van der Waals surface area contributed by atoms with Gasteiger partial charge in [0.2, 0.25) is 5.43 Å². The Hall–Kier alpha value is -3.62. The molecule has 1 aliphatic heterocycles. The molecule has 1 N–H and O–H groups in total. The number of anilines is 1. The van der Waals surface area contributed by atoms with Crippen LogP contribution in [-0.2, 0) is 0 Å². The molecule has 7 rings (SSSR count). The van der Waals surface area contributed by atoms with Crippen molar-refractivity contribution in [3.05, 3.63) is 75.2 Å². The molecule has 1 saturated heterocycles. The number of halogens is 3. The van der Waals surface area contributed by atoms with E-state index in [-0.39, 0.29) is 34.9 Å². The van der Waals surface area contributed by atoms with Crippen molar-refractivity contribution < 1.29 is 18.0 Å². The van der Waals surface area contributed by atoms with Crippen LogP contribution in [0.4, 0.5) is 19.0 Å². The second-order valence-corrected chi connectivity index (χ2v) is 11.6. The highest BCUT2D eigenvalue weighted by Crippen LogP contribution is 2.55. The molecule has 3 aliphatic carbocycles. The SMILES string of the molecule is C[C@@H]1C[C@H](F)CN1c1ccc2c(=O)c(C(=O)NC3=C4CCC5CC(C3)CC45)cn(-c3ccc(F)cc3F)c2n1. The average Bonchev–Trinajstić information content (AvgIpc) is 3.55. The number of pyridine rings is 2. The number of amides is 1. The van der Waals surface area contributed by atoms with E-state index in [9.17, 15) is 18.4 Å². The Labute approximate surface area is 223 Å². The van der Waals surface area contributed by atoms with Gasteiger partial charge in [-0.15, -0.1) is 0 Å². The number of allylic oxidation sites excluding steroid dienone is 2. The van der Waals surface area contributed by atoms with Gasteiger partial charge in [-0.3, -0.25) is 14.2 Å². The Kier molecular flexibility index (Phi) is 5.61. The molecule has 0 spiro atoms. The van der Waals surface area contributed by atoms with Crippen LogP contribution < -0.4 is 15.6 Å². The van der Waals surface area contributed by atoms with Crippen LogP contribution in [0, 0.1) is 29.4 Å². The van der Waals surface area contributed by atoms with Gasteiger partial charge in [0.1, 0.15) is 29.2 Å². The minimum atomic E-state index is -0.999. The Morgan fingerprint density at radius 2 is 1.97 bits per heavy atom. The summed E-state index contributed by atoms with van der Waals surface area (Å²) in [5, 5.41) is 3.17. The molecule has 202 valence electrons. The zero-order valence-corrected chi connectivity index (χ0v) is 21.6. The summed E-state index contributed by atoms with van der Waals surface area (Å²) in [4.78, 5) is 33.7. The lowest BCUT2D eigenvalue weighted by Crippen LogP contribution is -2.32. The van der Waals surface area contributed by atoms with Gasteiger partial charge < -0.3 is 10.2 Å². The van der Waals surface area contributed by atoms with Crippen molar-refractivity contribution >= 4 is 22.8 Å². The van der Waals surface area contributed by atoms with Gasteiger partial charge in [-0.05, 0) is 86.6 Å². The summed E-state index contributed by atoms with van der Waals surface area (Å²) in [5.74, 6) is 0.0861. The molecule has 1 aromatic carbocycles. The van der Waals surface area contributed by atoms with Crippen molar-refractivity contribution in [1.29, 1.82) is 0 Å². The summed E-state index contributed by atoms with van der Waals surface area (Å²) >= 11 is 0. The summed E-state index contributed by atoms with van der Waals surface area (Å²) < 4.78 is 44.3. The minimum absolute atomic E-state index is 0.0469. The molecule has 4 aliphatic rings. The van der Waals surface area contributed by atoms with E-state index in [1.165, 1.54) is 35.2 Å². The van der Waals surface area contributed by atoms with Crippen molar-refractivity contribution in [2.24, 2.45) is 17.8 Å². The summed E-state index contributed by atoms with van der Waals surface area (Å²) in [7, 11) is 0. The lowest BCUT2D eigenvalue weighted by molar-refractivity contribution is 0.0960. The summed E-state index contributed by atoms with van der Waals surface area (Å²) in [6, 6.07) is 6.20. The largest absolute Gasteiger partial charge is 0.351 e. The molecule has 2 saturated carbocycles. The molecule has 6 nitrogen and oxygen atoms in total. The van der Waals surface area contributed by atoms with E-state index in [0.717, 1.165) is 37.1 Å². The lowest BCUT2D eigenvalue weighted by atomic mass is 9.86. The Morgan fingerprint density at radius 3 is 2.74 bits per heavy atom. The van der Waals surface area contributed by atoms with E-state index in [0.29, 0.717) is 30.0 Å². The van der Waals surface area contributed by atoms with E-state index >= 15 is 4.39 Å². The van der Waals surface area contributed by atoms with Gasteiger partial charge >= 0.3 is 0 Å². The first kappa shape index (κ1) is 24.4. The predicted molar refractivity (Wildman–Crippen MR) is 142 cm³/mol. The molecule has 3 fully saturated rings. The molecule has 3 aromatic rings. The molecule has 3 heterocycles. The fraction of sp³-hybridized carbons (Fsp3) is 0.433. The Bertz CT molecular complexity index is 1620. The van der Waals surface area contributed by atoms with E-state index in [2.05, 4.69) is 10.3 Å². The van der Waals surface area contributed by atoms with E-state index in [4.69, 9.17) is 0 Å². The third-order valence-electron chi connectivity index (χ3n) is 9.24. The Balaban J connectivity index is 1.35. The smallest absolute Gasteiger partial charge is 0.260 e. The van der Waals surface area contributed by atoms with Crippen LogP contribution in [0.1, 0.15) is 55.8 Å². The third-order valence-corrected chi connectivity index (χ3v) is 9.24. The van der Waals surface area contributed by atoms with Gasteiger partial charge in [0.05, 0.1) is 17.6 Å². The van der Waals surface area contributed by atoms with Crippen LogP contribution >= 0.6 is 0 Å². The van der Waals surface area contributed by atoms with Crippen molar-refractivity contribution in [1.82, 2.24) is 14.9 Å². The molecule has 1 amide bonds. The molecule has 2 aromatic heterocycles. The monoisotopic (exact) mass is 534 g/mol. The van der Waals surface area contributed by atoms with Gasteiger partial charge in [0.15, 0.2) is 5.65 Å². The van der Waals surface area contributed by atoms with E-state index in [1.807, 2.05) is 6.92 Å². The quantitative estimate of drug-likeness (QED) is 0.485. The predicted octanol–water partition coefficient (Wildman–Crippen LogP) is 5.42. The lowest BCUT2D eigenvalue weighted by Gasteiger charge is -2.25. The van der Waals surface area contributed by atoms with Crippen molar-refractivity contribution in [3.63, 3.8) is 0 Å². The molecular weight excluding hydrogens is 505 g/mol. The van der Waals surface area contributed by atoms with Gasteiger partial charge in [-0.2, -0.15) is 0 Å². The van der Waals surface area contributed by atoms with Crippen LogP contribution in [0.5, 0.6) is 0 Å². The number of aromatic nitrogens is 2. The second-order valence-electron chi connectivity index (χ2n) is 11.6. The fourth-order valence-electron chi connectivity index (χ4n) is 7.47. The van der Waals surface area contributed by atoms with E-state index in [1.54, 1.807) is 17.0 Å². The first-order valence-corrected chi connectivity index (χ1v) is 13.7. The van der Waals surface area contributed by atoms with Gasteiger partial charge in [-0.1, -0.05) is 0 Å². The maximum absolute atomic E-state index is 15.0. The summed E-state index contributed by atoms with van der Waals surface area (Å²) in [6.45, 7) is 2.06. The van der Waals surface area contributed by atoms with Crippen LogP contribution in [0.3, 0.4) is 0 Å². The molecule has 39 heavy (non-hydrogen) atoms. The van der Waals surface area contributed by atoms with Gasteiger partial charge in [-0.25, -0.2) is 18.2 Å². The number of nitrogens with zero attached hydrogens (tertiary/aromatic N) is 3. The number of carbonyl (C=O) groups excluding carboxylic acids is 1. The number of hydrogen-bond acceptors (Lipinski definition) is 4. The zero-order valence-electron chi connectivity index (χ0n) is 21.6. The highest BCUT2D eigenvalue weighted by Gasteiger charge is 2.45. The topological polar surface area (TPSA) is 67.2 Å². The molecule has 0 radical (unpaired) electrons. The molecule has 9 heteroatoms. The fourth-order valence-corrected chi connectivity index (χ4v) is 7.47. The van der Waals surface area contributed by atoms with Gasteiger partial charge in [0, 0.05) is 30.4 Å². The summed E-state index contributed by atoms with van der Waals surface area (Å²) in [5.41, 5.74) is 1.65. The zero-order chi connectivity index (χ0) is 27.0. The first-order valence-electron chi connectivity index (χ1n) is 13.7. The number of nitrogens with one attached hydrogen (secondary N) is 1. The first-order chi connectivity index (χ1) is 18.8. The average molecular weight is 535 g/mol. The highest BCUT2D eigenvalue weighted by molar-refractivity contribution is 5.98. The highest BCUT2D eigenvalue weighted by atomic mass is 19.1. The number of fused-ring (bicyclic) bond motifs is 2. The number of rotatable bonds is 4. The number of hydrogen-bond donors (Lipinski definition) is 1. The van der Waals surface area contributed by atoms with E-state index < -0.39 is 29.1 Å². The van der Waals surface area contributed by atoms with Crippen LogP contribution in [0.25, 0.3) is 16.7 Å². The van der Waals surface area contributed by atoms with Crippen molar-refractivity contribution in [2.45, 2.75) is 57.7 Å². The van der Waals surface area contributed by atoms with Gasteiger partial charge in [0.25, 0.3) is 5.91 Å². The number of benzene rings is 1. The minimum Gasteiger partial charge on any atom is -0.351 e. The normalized spacial score (nSPS) is 27.6. The van der Waals surface area contributed by atoms with Crippen LogP contribution in [0.2, 0.25) is 0 Å². The molecular formula is C30H29F3N4O2. The summed E-state index contributed by atoms with van der Waals surface area (Å²) in [6.07, 6.45) is 5.94. The third kappa shape index (κ3) is 3.96. The molecule has 2 bridgehead atoms. The molecule has 5 atom stereocenters. The van der Waals surface area contributed by atoms with Crippen LogP contribution in [-0.4, -0.2) is 34.2 Å². The van der Waals surface area contributed by atoms with Crippen molar-refractivity contribution in [3.8, 4) is 5.69 Å². The molecule has 3 unspecified atom stereocenters. The number of carbonyl (C=O) groups is 1. The standard InChI is InChI=1S/C30H29F3N4O2/c1-15-8-19(32)13-36(15)27-7-5-21-28(38)23(14-37(29(21)35-27)26-6-3-18(31)12-24(26)33)30(39)34-25-11-16-9-17-2-4-20(25)22(17)10-16/h3,5-7,12,14-17,19,22H,2,4,8-11,13H2,1H3,(H,34,39)/t15-,16?,17?,19+,22?/m1/s1. The maximum Gasteiger partial charge on any atom is 0.260 e. The van der Waals surface area contributed by atoms with Crippen LogP contribution in [0.15, 0.2) is 52.6 Å². The maximum atomic E-state index is 15.0. The second kappa shape index (κ2) is 8.96. The number of alkyl halides is 1. The van der Waals surface area contributed by atoms with Crippen molar-refractivity contribution in [2.75, 3.05) is 11.4 Å². The Morgan fingerprint density at radius 1 is 1.13 bits per heavy atom.